The molecular weight excluding hydrogens is 617 g/mol. The van der Waals surface area contributed by atoms with Crippen LogP contribution in [0.3, 0.4) is 0 Å². The number of aryl methyl sites for hydroxylation is 3. The topological polar surface area (TPSA) is 71.3 Å². The fraction of sp³-hybridized carbons (Fsp3) is 0.371. The van der Waals surface area contributed by atoms with Crippen molar-refractivity contribution in [2.75, 3.05) is 26.2 Å². The molecule has 0 atom stereocenters. The summed E-state index contributed by atoms with van der Waals surface area (Å²) in [4.78, 5) is 34.5. The van der Waals surface area contributed by atoms with E-state index in [1.165, 1.54) is 28.9 Å². The van der Waals surface area contributed by atoms with Gasteiger partial charge in [0, 0.05) is 26.1 Å². The van der Waals surface area contributed by atoms with Crippen LogP contribution in [0.2, 0.25) is 0 Å². The van der Waals surface area contributed by atoms with Gasteiger partial charge in [0.2, 0.25) is 5.91 Å². The lowest BCUT2D eigenvalue weighted by atomic mass is 10.0. The number of benzene rings is 3. The second-order valence-electron chi connectivity index (χ2n) is 11.1. The largest absolute Gasteiger partial charge is 0.416 e. The molecule has 0 fully saturated rings. The molecule has 0 aliphatic carbocycles. The van der Waals surface area contributed by atoms with E-state index in [0.717, 1.165) is 42.4 Å². The van der Waals surface area contributed by atoms with Crippen LogP contribution in [0.15, 0.2) is 71.5 Å². The Morgan fingerprint density at radius 2 is 1.49 bits per heavy atom. The SMILES string of the molecule is CCc1nn(CC(=O)N(CCN(CC)CC)Cc2ccc(-c3ccc(C(F)(F)F)cc3)cc2)c(CCc2cccc(F)c2F)nc1=O. The Labute approximate surface area is 270 Å². The molecule has 0 unspecified atom stereocenters. The Bertz CT molecular complexity index is 1700. The van der Waals surface area contributed by atoms with Gasteiger partial charge in [-0.25, -0.2) is 13.5 Å². The molecule has 47 heavy (non-hydrogen) atoms. The summed E-state index contributed by atoms with van der Waals surface area (Å²) in [6.45, 7) is 8.47. The number of rotatable bonds is 14. The van der Waals surface area contributed by atoms with Gasteiger partial charge >= 0.3 is 6.18 Å². The van der Waals surface area contributed by atoms with Crippen LogP contribution >= 0.6 is 0 Å². The Morgan fingerprint density at radius 3 is 2.09 bits per heavy atom. The average molecular weight is 656 g/mol. The van der Waals surface area contributed by atoms with Crippen LogP contribution in [0.25, 0.3) is 11.1 Å². The van der Waals surface area contributed by atoms with Crippen LogP contribution in [0.5, 0.6) is 0 Å². The summed E-state index contributed by atoms with van der Waals surface area (Å²) in [6, 6.07) is 16.1. The highest BCUT2D eigenvalue weighted by Gasteiger charge is 2.30. The maximum Gasteiger partial charge on any atom is 0.416 e. The summed E-state index contributed by atoms with van der Waals surface area (Å²) in [5.41, 5.74) is 1.24. The molecular formula is C35H38F5N5O2. The molecule has 0 N–H and O–H groups in total. The standard InChI is InChI=1S/C35H38F5N5O2/c1-4-30-34(47)41-31(19-16-27-8-7-9-29(36)33(27)37)45(42-30)23-32(46)44(21-20-43(5-2)6-3)22-24-10-12-25(13-11-24)26-14-17-28(18-15-26)35(38,39)40/h7-15,17-18H,4-6,16,19-23H2,1-3H3. The minimum Gasteiger partial charge on any atom is -0.335 e. The zero-order chi connectivity index (χ0) is 34.1. The number of amides is 1. The molecule has 0 radical (unpaired) electrons. The van der Waals surface area contributed by atoms with Crippen molar-refractivity contribution < 1.29 is 26.7 Å². The molecule has 250 valence electrons. The zero-order valence-electron chi connectivity index (χ0n) is 26.7. The van der Waals surface area contributed by atoms with Gasteiger partial charge in [-0.1, -0.05) is 69.3 Å². The first-order chi connectivity index (χ1) is 22.4. The van der Waals surface area contributed by atoms with E-state index in [-0.39, 0.29) is 48.9 Å². The van der Waals surface area contributed by atoms with E-state index in [9.17, 15) is 31.5 Å². The molecule has 0 spiro atoms. The summed E-state index contributed by atoms with van der Waals surface area (Å²) in [6.07, 6.45) is -4.00. The number of nitrogens with zero attached hydrogens (tertiary/aromatic N) is 5. The van der Waals surface area contributed by atoms with Crippen molar-refractivity contribution in [3.63, 3.8) is 0 Å². The zero-order valence-corrected chi connectivity index (χ0v) is 26.7. The molecule has 4 rings (SSSR count). The number of alkyl halides is 3. The first-order valence-corrected chi connectivity index (χ1v) is 15.6. The molecule has 0 aliphatic heterocycles. The van der Waals surface area contributed by atoms with Crippen molar-refractivity contribution >= 4 is 5.91 Å². The molecule has 7 nitrogen and oxygen atoms in total. The summed E-state index contributed by atoms with van der Waals surface area (Å²) in [7, 11) is 0. The van der Waals surface area contributed by atoms with E-state index in [1.807, 2.05) is 26.0 Å². The summed E-state index contributed by atoms with van der Waals surface area (Å²) in [5, 5.41) is 4.41. The van der Waals surface area contributed by atoms with Gasteiger partial charge in [-0.15, -0.1) is 0 Å². The molecule has 0 saturated carbocycles. The fourth-order valence-corrected chi connectivity index (χ4v) is 5.20. The molecule has 4 aromatic rings. The van der Waals surface area contributed by atoms with Crippen LogP contribution in [-0.2, 0) is 43.3 Å². The molecule has 12 heteroatoms. The third kappa shape index (κ3) is 9.31. The number of hydrogen-bond acceptors (Lipinski definition) is 5. The summed E-state index contributed by atoms with van der Waals surface area (Å²) < 4.78 is 68.4. The number of carbonyl (C=O) groups is 1. The molecule has 0 bridgehead atoms. The summed E-state index contributed by atoms with van der Waals surface area (Å²) >= 11 is 0. The van der Waals surface area contributed by atoms with E-state index in [0.29, 0.717) is 25.1 Å². The van der Waals surface area contributed by atoms with Crippen molar-refractivity contribution in [1.29, 1.82) is 0 Å². The van der Waals surface area contributed by atoms with Gasteiger partial charge in [0.05, 0.1) is 5.56 Å². The smallest absolute Gasteiger partial charge is 0.335 e. The van der Waals surface area contributed by atoms with E-state index in [2.05, 4.69) is 15.0 Å². The van der Waals surface area contributed by atoms with Crippen LogP contribution in [0.4, 0.5) is 22.0 Å². The predicted molar refractivity (Wildman–Crippen MR) is 170 cm³/mol. The van der Waals surface area contributed by atoms with Crippen molar-refractivity contribution in [3.8, 4) is 11.1 Å². The maximum absolute atomic E-state index is 14.3. The lowest BCUT2D eigenvalue weighted by molar-refractivity contribution is -0.137. The van der Waals surface area contributed by atoms with Gasteiger partial charge in [-0.3, -0.25) is 9.59 Å². The third-order valence-electron chi connectivity index (χ3n) is 8.09. The van der Waals surface area contributed by atoms with E-state index in [1.54, 1.807) is 24.0 Å². The third-order valence-corrected chi connectivity index (χ3v) is 8.09. The molecule has 1 heterocycles. The molecule has 1 aromatic heterocycles. The monoisotopic (exact) mass is 655 g/mol. The van der Waals surface area contributed by atoms with Crippen LogP contribution in [-0.4, -0.2) is 56.7 Å². The number of likely N-dealkylation sites (N-methyl/N-ethyl adjacent to an activating group) is 1. The van der Waals surface area contributed by atoms with Crippen LogP contribution in [0, 0.1) is 11.6 Å². The minimum atomic E-state index is -4.41. The summed E-state index contributed by atoms with van der Waals surface area (Å²) in [5.74, 6) is -2.03. The normalized spacial score (nSPS) is 11.7. The van der Waals surface area contributed by atoms with E-state index in [4.69, 9.17) is 0 Å². The second kappa shape index (κ2) is 15.9. The highest BCUT2D eigenvalue weighted by atomic mass is 19.4. The molecule has 0 saturated heterocycles. The maximum atomic E-state index is 14.3. The molecule has 0 aliphatic rings. The Balaban J connectivity index is 1.56. The van der Waals surface area contributed by atoms with Crippen molar-refractivity contribution in [2.24, 2.45) is 0 Å². The lowest BCUT2D eigenvalue weighted by Crippen LogP contribution is -2.41. The van der Waals surface area contributed by atoms with Crippen LogP contribution < -0.4 is 5.56 Å². The number of carbonyl (C=O) groups excluding carboxylic acids is 1. The first kappa shape index (κ1) is 35.4. The van der Waals surface area contributed by atoms with Gasteiger partial charge in [0.25, 0.3) is 5.56 Å². The van der Waals surface area contributed by atoms with Crippen LogP contribution in [0.1, 0.15) is 49.0 Å². The van der Waals surface area contributed by atoms with Gasteiger partial charge in [0.1, 0.15) is 18.1 Å². The van der Waals surface area contributed by atoms with Crippen molar-refractivity contribution in [3.05, 3.63) is 117 Å². The lowest BCUT2D eigenvalue weighted by Gasteiger charge is -2.27. The fourth-order valence-electron chi connectivity index (χ4n) is 5.20. The van der Waals surface area contributed by atoms with Crippen molar-refractivity contribution in [2.45, 2.75) is 59.3 Å². The Hall–Kier alpha value is -4.45. The Morgan fingerprint density at radius 1 is 0.851 bits per heavy atom. The van der Waals surface area contributed by atoms with Gasteiger partial charge in [-0.05, 0) is 66.4 Å². The quantitative estimate of drug-likeness (QED) is 0.149. The van der Waals surface area contributed by atoms with E-state index >= 15 is 0 Å². The van der Waals surface area contributed by atoms with Gasteiger partial charge < -0.3 is 9.80 Å². The average Bonchev–Trinajstić information content (AvgIpc) is 3.06. The minimum absolute atomic E-state index is 0.0499. The highest BCUT2D eigenvalue weighted by Crippen LogP contribution is 2.31. The number of aromatic nitrogens is 3. The second-order valence-corrected chi connectivity index (χ2v) is 11.1. The molecule has 3 aromatic carbocycles. The molecule has 1 amide bonds. The van der Waals surface area contributed by atoms with Crippen molar-refractivity contribution in [1.82, 2.24) is 24.6 Å². The number of halogens is 5. The van der Waals surface area contributed by atoms with Gasteiger partial charge in [0.15, 0.2) is 11.6 Å². The Kier molecular flexibility index (Phi) is 12.0. The van der Waals surface area contributed by atoms with E-state index < -0.39 is 28.9 Å². The predicted octanol–water partition coefficient (Wildman–Crippen LogP) is 6.32. The highest BCUT2D eigenvalue weighted by molar-refractivity contribution is 5.76. The number of hydrogen-bond donors (Lipinski definition) is 0. The first-order valence-electron chi connectivity index (χ1n) is 15.6. The van der Waals surface area contributed by atoms with Gasteiger partial charge in [-0.2, -0.15) is 23.3 Å².